The molecule has 2 heterocycles. The molecule has 1 aromatic heterocycles. The quantitative estimate of drug-likeness (QED) is 0.471. The fourth-order valence-corrected chi connectivity index (χ4v) is 3.83. The Kier molecular flexibility index (Phi) is 7.98. The first kappa shape index (κ1) is 25.3. The van der Waals surface area contributed by atoms with Crippen molar-refractivity contribution in [3.8, 4) is 0 Å². The summed E-state index contributed by atoms with van der Waals surface area (Å²) in [7, 11) is 0. The monoisotopic (exact) mass is 470 g/mol. The van der Waals surface area contributed by atoms with Crippen molar-refractivity contribution in [1.82, 2.24) is 19.4 Å². The van der Waals surface area contributed by atoms with Crippen LogP contribution in [0.25, 0.3) is 0 Å². The zero-order valence-electron chi connectivity index (χ0n) is 20.4. The highest BCUT2D eigenvalue weighted by Gasteiger charge is 2.33. The van der Waals surface area contributed by atoms with Gasteiger partial charge in [-0.2, -0.15) is 0 Å². The van der Waals surface area contributed by atoms with Crippen molar-refractivity contribution in [3.63, 3.8) is 0 Å². The molecule has 1 aliphatic heterocycles. The number of hydrogen-bond donors (Lipinski definition) is 1. The van der Waals surface area contributed by atoms with Gasteiger partial charge < -0.3 is 19.7 Å². The fraction of sp³-hybridized carbons (Fsp3) is 0.480. The molecule has 1 aromatic carbocycles. The van der Waals surface area contributed by atoms with Crippen molar-refractivity contribution in [1.29, 1.82) is 0 Å². The molecule has 2 aromatic rings. The first-order valence-electron chi connectivity index (χ1n) is 11.5. The Hall–Kier alpha value is -3.33. The van der Waals surface area contributed by atoms with Crippen LogP contribution in [0.5, 0.6) is 0 Å². The summed E-state index contributed by atoms with van der Waals surface area (Å²) in [5.41, 5.74) is 1.53. The van der Waals surface area contributed by atoms with Crippen molar-refractivity contribution in [2.24, 2.45) is 0 Å². The second kappa shape index (κ2) is 10.7. The predicted molar refractivity (Wildman–Crippen MR) is 129 cm³/mol. The molecule has 0 atom stereocenters. The Morgan fingerprint density at radius 2 is 1.85 bits per heavy atom. The van der Waals surface area contributed by atoms with Crippen LogP contribution < -0.4 is 11.0 Å². The Labute approximate surface area is 200 Å². The molecule has 0 unspecified atom stereocenters. The number of carbonyl (C=O) groups is 2. The Balaban J connectivity index is 1.80. The molecule has 0 fully saturated rings. The van der Waals surface area contributed by atoms with Crippen molar-refractivity contribution in [2.45, 2.75) is 59.5 Å². The van der Waals surface area contributed by atoms with Crippen molar-refractivity contribution >= 4 is 12.1 Å². The Bertz CT molecular complexity index is 1090. The first-order chi connectivity index (χ1) is 16.1. The zero-order valence-corrected chi connectivity index (χ0v) is 20.4. The Morgan fingerprint density at radius 3 is 2.50 bits per heavy atom. The van der Waals surface area contributed by atoms with Gasteiger partial charge in [-0.25, -0.2) is 14.4 Å². The topological polar surface area (TPSA) is 94.8 Å². The van der Waals surface area contributed by atoms with Crippen molar-refractivity contribution in [2.75, 3.05) is 19.7 Å². The van der Waals surface area contributed by atoms with Gasteiger partial charge in [-0.15, -0.1) is 0 Å². The van der Waals surface area contributed by atoms with E-state index in [9.17, 15) is 14.4 Å². The number of imidazole rings is 1. The number of nitrogens with zero attached hydrogens (tertiary/aromatic N) is 3. The SMILES string of the molecule is C=C(CNCc1ccccc1)Cn1c(C(=O)OCC)c2n(c1=O)CCN(C(=O)OC(C)(C)C)C2. The molecule has 1 aliphatic rings. The molecule has 1 N–H and O–H groups in total. The van der Waals surface area contributed by atoms with Crippen LogP contribution in [0.15, 0.2) is 47.3 Å². The van der Waals surface area contributed by atoms with E-state index in [1.54, 1.807) is 27.7 Å². The normalized spacial score (nSPS) is 13.4. The van der Waals surface area contributed by atoms with E-state index in [4.69, 9.17) is 9.47 Å². The zero-order chi connectivity index (χ0) is 24.9. The van der Waals surface area contributed by atoms with E-state index < -0.39 is 17.7 Å². The smallest absolute Gasteiger partial charge is 0.410 e. The maximum Gasteiger partial charge on any atom is 0.410 e. The van der Waals surface area contributed by atoms with E-state index in [0.29, 0.717) is 25.3 Å². The minimum atomic E-state index is -0.644. The van der Waals surface area contributed by atoms with Crippen LogP contribution in [-0.4, -0.2) is 51.4 Å². The molecule has 9 nitrogen and oxygen atoms in total. The summed E-state index contributed by atoms with van der Waals surface area (Å²) in [5, 5.41) is 3.31. The summed E-state index contributed by atoms with van der Waals surface area (Å²) < 4.78 is 13.7. The number of hydrogen-bond acceptors (Lipinski definition) is 6. The van der Waals surface area contributed by atoms with E-state index >= 15 is 0 Å². The third-order valence-corrected chi connectivity index (χ3v) is 5.31. The second-order valence-electron chi connectivity index (χ2n) is 9.28. The highest BCUT2D eigenvalue weighted by molar-refractivity contribution is 5.89. The summed E-state index contributed by atoms with van der Waals surface area (Å²) in [6.07, 6.45) is -0.483. The van der Waals surface area contributed by atoms with E-state index in [0.717, 1.165) is 11.1 Å². The van der Waals surface area contributed by atoms with Gasteiger partial charge >= 0.3 is 17.8 Å². The minimum absolute atomic E-state index is 0.0873. The summed E-state index contributed by atoms with van der Waals surface area (Å²) in [6, 6.07) is 9.96. The van der Waals surface area contributed by atoms with Crippen LogP contribution in [0.1, 0.15) is 49.4 Å². The summed E-state index contributed by atoms with van der Waals surface area (Å²) in [6.45, 7) is 13.3. The van der Waals surface area contributed by atoms with Gasteiger partial charge in [0.15, 0.2) is 5.69 Å². The lowest BCUT2D eigenvalue weighted by atomic mass is 10.2. The molecule has 184 valence electrons. The predicted octanol–water partition coefficient (Wildman–Crippen LogP) is 2.92. The summed E-state index contributed by atoms with van der Waals surface area (Å²) in [4.78, 5) is 40.2. The number of benzene rings is 1. The van der Waals surface area contributed by atoms with Crippen LogP contribution in [0.4, 0.5) is 4.79 Å². The third kappa shape index (κ3) is 6.17. The maximum atomic E-state index is 13.2. The molecular weight excluding hydrogens is 436 g/mol. The fourth-order valence-electron chi connectivity index (χ4n) is 3.83. The summed E-state index contributed by atoms with van der Waals surface area (Å²) in [5.74, 6) is -0.593. The number of carbonyl (C=O) groups excluding carboxylic acids is 2. The number of esters is 1. The van der Waals surface area contributed by atoms with Crippen LogP contribution in [0.2, 0.25) is 0 Å². The van der Waals surface area contributed by atoms with E-state index in [1.165, 1.54) is 14.0 Å². The molecule has 0 saturated heterocycles. The second-order valence-corrected chi connectivity index (χ2v) is 9.28. The van der Waals surface area contributed by atoms with Gasteiger partial charge in [0.05, 0.1) is 18.8 Å². The maximum absolute atomic E-state index is 13.2. The van der Waals surface area contributed by atoms with Gasteiger partial charge in [0.25, 0.3) is 0 Å². The van der Waals surface area contributed by atoms with E-state index in [-0.39, 0.29) is 37.6 Å². The van der Waals surface area contributed by atoms with E-state index in [1.807, 2.05) is 30.3 Å². The highest BCUT2D eigenvalue weighted by atomic mass is 16.6. The van der Waals surface area contributed by atoms with Gasteiger partial charge in [0, 0.05) is 32.7 Å². The molecule has 0 aliphatic carbocycles. The van der Waals surface area contributed by atoms with Gasteiger partial charge in [0.2, 0.25) is 0 Å². The molecule has 1 amide bonds. The highest BCUT2D eigenvalue weighted by Crippen LogP contribution is 2.20. The van der Waals surface area contributed by atoms with Gasteiger partial charge in [-0.1, -0.05) is 36.9 Å². The standard InChI is InChI=1S/C25H34N4O5/c1-6-33-22(30)21-20-17-27(24(32)34-25(3,4)5)12-13-28(20)23(31)29(21)16-18(2)14-26-15-19-10-8-7-9-11-19/h7-11,26H,2,6,12-17H2,1,3-5H3. The van der Waals surface area contributed by atoms with Crippen molar-refractivity contribution < 1.29 is 19.1 Å². The molecule has 0 spiro atoms. The van der Waals surface area contributed by atoms with Gasteiger partial charge in [-0.3, -0.25) is 9.13 Å². The molecular formula is C25H34N4O5. The minimum Gasteiger partial charge on any atom is -0.461 e. The largest absolute Gasteiger partial charge is 0.461 e. The molecule has 0 bridgehead atoms. The van der Waals surface area contributed by atoms with Gasteiger partial charge in [-0.05, 0) is 38.8 Å². The van der Waals surface area contributed by atoms with E-state index in [2.05, 4.69) is 11.9 Å². The Morgan fingerprint density at radius 1 is 1.15 bits per heavy atom. The van der Waals surface area contributed by atoms with Crippen LogP contribution >= 0.6 is 0 Å². The lowest BCUT2D eigenvalue weighted by Gasteiger charge is -2.30. The van der Waals surface area contributed by atoms with Crippen LogP contribution in [0, 0.1) is 0 Å². The average Bonchev–Trinajstić information content (AvgIpc) is 3.04. The van der Waals surface area contributed by atoms with Crippen molar-refractivity contribution in [3.05, 3.63) is 69.9 Å². The molecule has 0 saturated carbocycles. The number of ether oxygens (including phenoxy) is 2. The molecule has 0 radical (unpaired) electrons. The number of rotatable bonds is 8. The average molecular weight is 471 g/mol. The number of amides is 1. The first-order valence-corrected chi connectivity index (χ1v) is 11.5. The molecule has 34 heavy (non-hydrogen) atoms. The van der Waals surface area contributed by atoms with Crippen LogP contribution in [0.3, 0.4) is 0 Å². The lowest BCUT2D eigenvalue weighted by Crippen LogP contribution is -2.43. The van der Waals surface area contributed by atoms with Crippen LogP contribution in [-0.2, 0) is 35.7 Å². The summed E-state index contributed by atoms with van der Waals surface area (Å²) >= 11 is 0. The molecule has 3 rings (SSSR count). The third-order valence-electron chi connectivity index (χ3n) is 5.31. The lowest BCUT2D eigenvalue weighted by molar-refractivity contribution is 0.0193. The molecule has 9 heteroatoms. The number of aromatic nitrogens is 2. The number of fused-ring (bicyclic) bond motifs is 1. The van der Waals surface area contributed by atoms with Gasteiger partial charge in [0.1, 0.15) is 5.60 Å². The number of nitrogens with one attached hydrogen (secondary N) is 1.